The van der Waals surface area contributed by atoms with Gasteiger partial charge in [-0.1, -0.05) is 24.3 Å². The van der Waals surface area contributed by atoms with Crippen LogP contribution < -0.4 is 0 Å². The van der Waals surface area contributed by atoms with E-state index in [-0.39, 0.29) is 16.9 Å². The lowest BCUT2D eigenvalue weighted by Gasteiger charge is -2.46. The van der Waals surface area contributed by atoms with E-state index in [0.29, 0.717) is 19.6 Å². The molecule has 1 aliphatic rings. The summed E-state index contributed by atoms with van der Waals surface area (Å²) in [5, 5.41) is 0. The summed E-state index contributed by atoms with van der Waals surface area (Å²) in [6.07, 6.45) is 3.98. The van der Waals surface area contributed by atoms with Crippen LogP contribution in [0.2, 0.25) is 0 Å². The molecule has 2 aromatic rings. The average Bonchev–Trinajstić information content (AvgIpc) is 2.99. The number of imidazole rings is 1. The van der Waals surface area contributed by atoms with Crippen molar-refractivity contribution in [2.75, 3.05) is 13.7 Å². The maximum atomic E-state index is 13.2. The molecule has 1 atom stereocenters. The highest BCUT2D eigenvalue weighted by molar-refractivity contribution is 5.77. The molecule has 1 N–H and O–H groups in total. The Morgan fingerprint density at radius 1 is 1.30 bits per heavy atom. The molecule has 0 unspecified atom stereocenters. The minimum atomic E-state index is -0.239. The van der Waals surface area contributed by atoms with Gasteiger partial charge in [-0.25, -0.2) is 4.98 Å². The summed E-state index contributed by atoms with van der Waals surface area (Å²) in [4.78, 5) is 22.5. The molecular formula is C22H31N3O2. The predicted octanol–water partition coefficient (Wildman–Crippen LogP) is 3.90. The van der Waals surface area contributed by atoms with Gasteiger partial charge in [0.25, 0.3) is 0 Å². The van der Waals surface area contributed by atoms with Gasteiger partial charge < -0.3 is 14.6 Å². The van der Waals surface area contributed by atoms with Crippen molar-refractivity contribution in [3.05, 3.63) is 53.1 Å². The van der Waals surface area contributed by atoms with Crippen LogP contribution in [0.3, 0.4) is 0 Å². The van der Waals surface area contributed by atoms with E-state index < -0.39 is 0 Å². The number of aromatic amines is 1. The molecule has 0 radical (unpaired) electrons. The van der Waals surface area contributed by atoms with Crippen LogP contribution in [0.25, 0.3) is 0 Å². The van der Waals surface area contributed by atoms with Crippen molar-refractivity contribution < 1.29 is 9.53 Å². The minimum Gasteiger partial charge on any atom is -0.376 e. The summed E-state index contributed by atoms with van der Waals surface area (Å²) in [6, 6.07) is 8.45. The highest BCUT2D eigenvalue weighted by atomic mass is 16.5. The van der Waals surface area contributed by atoms with Crippen LogP contribution in [0.1, 0.15) is 55.8 Å². The molecule has 1 amide bonds. The highest BCUT2D eigenvalue weighted by Gasteiger charge is 2.44. The second kappa shape index (κ2) is 7.47. The molecule has 1 fully saturated rings. The van der Waals surface area contributed by atoms with Crippen LogP contribution in [0, 0.1) is 13.8 Å². The van der Waals surface area contributed by atoms with E-state index in [0.717, 1.165) is 24.4 Å². The molecule has 0 spiro atoms. The minimum absolute atomic E-state index is 0.144. The van der Waals surface area contributed by atoms with Crippen molar-refractivity contribution in [3.63, 3.8) is 0 Å². The fraction of sp³-hybridized carbons (Fsp3) is 0.545. The van der Waals surface area contributed by atoms with E-state index >= 15 is 0 Å². The molecule has 1 aromatic heterocycles. The van der Waals surface area contributed by atoms with Crippen LogP contribution >= 0.6 is 0 Å². The van der Waals surface area contributed by atoms with E-state index in [9.17, 15) is 4.79 Å². The largest absolute Gasteiger partial charge is 0.376 e. The standard InChI is InChI=1S/C22H31N3O2/c1-16-8-6-7-9-18(16)22(10-11-27-21(3,4)15-22)12-20(26)25(5)14-19-23-13-17(2)24-19/h6-9,13H,10-12,14-15H2,1-5H3,(H,23,24)/t22-/m0/s1. The van der Waals surface area contributed by atoms with Crippen LogP contribution in [-0.2, 0) is 21.5 Å². The van der Waals surface area contributed by atoms with Crippen LogP contribution in [-0.4, -0.2) is 40.0 Å². The summed E-state index contributed by atoms with van der Waals surface area (Å²) in [5.41, 5.74) is 3.09. The molecule has 5 heteroatoms. The highest BCUT2D eigenvalue weighted by Crippen LogP contribution is 2.45. The Balaban J connectivity index is 1.85. The molecule has 1 saturated heterocycles. The number of hydrogen-bond acceptors (Lipinski definition) is 3. The van der Waals surface area contributed by atoms with E-state index in [1.807, 2.05) is 14.0 Å². The Morgan fingerprint density at radius 2 is 2.04 bits per heavy atom. The van der Waals surface area contributed by atoms with Crippen LogP contribution in [0.5, 0.6) is 0 Å². The first-order chi connectivity index (χ1) is 12.7. The number of rotatable bonds is 5. The topological polar surface area (TPSA) is 58.2 Å². The predicted molar refractivity (Wildman–Crippen MR) is 107 cm³/mol. The third-order valence-electron chi connectivity index (χ3n) is 5.61. The molecule has 2 heterocycles. The van der Waals surface area contributed by atoms with Crippen molar-refractivity contribution in [2.24, 2.45) is 0 Å². The first-order valence-corrected chi connectivity index (χ1v) is 9.65. The second-order valence-corrected chi connectivity index (χ2v) is 8.57. The lowest BCUT2D eigenvalue weighted by molar-refractivity contribution is -0.135. The van der Waals surface area contributed by atoms with Gasteiger partial charge in [0.2, 0.25) is 5.91 Å². The second-order valence-electron chi connectivity index (χ2n) is 8.57. The van der Waals surface area contributed by atoms with Gasteiger partial charge in [-0.15, -0.1) is 0 Å². The maximum Gasteiger partial charge on any atom is 0.223 e. The number of carbonyl (C=O) groups excluding carboxylic acids is 1. The van der Waals surface area contributed by atoms with Gasteiger partial charge in [-0.05, 0) is 51.7 Å². The monoisotopic (exact) mass is 369 g/mol. The number of amides is 1. The van der Waals surface area contributed by atoms with Crippen molar-refractivity contribution >= 4 is 5.91 Å². The maximum absolute atomic E-state index is 13.2. The number of carbonyl (C=O) groups is 1. The fourth-order valence-electron chi connectivity index (χ4n) is 4.41. The summed E-state index contributed by atoms with van der Waals surface area (Å²) in [6.45, 7) is 9.53. The van der Waals surface area contributed by atoms with Gasteiger partial charge in [0.05, 0.1) is 12.1 Å². The van der Waals surface area contributed by atoms with Gasteiger partial charge in [-0.2, -0.15) is 0 Å². The van der Waals surface area contributed by atoms with E-state index in [2.05, 4.69) is 55.0 Å². The normalized spacial score (nSPS) is 21.8. The first-order valence-electron chi connectivity index (χ1n) is 9.65. The molecule has 0 bridgehead atoms. The Bertz CT molecular complexity index is 811. The number of nitrogens with one attached hydrogen (secondary N) is 1. The van der Waals surface area contributed by atoms with Crippen molar-refractivity contribution in [2.45, 2.75) is 64.5 Å². The van der Waals surface area contributed by atoms with Crippen molar-refractivity contribution in [1.29, 1.82) is 0 Å². The summed E-state index contributed by atoms with van der Waals surface area (Å²) in [5.74, 6) is 0.964. The zero-order valence-corrected chi connectivity index (χ0v) is 17.1. The third-order valence-corrected chi connectivity index (χ3v) is 5.61. The summed E-state index contributed by atoms with van der Waals surface area (Å²) >= 11 is 0. The van der Waals surface area contributed by atoms with Crippen molar-refractivity contribution in [3.8, 4) is 0 Å². The lowest BCUT2D eigenvalue weighted by Crippen LogP contribution is -2.47. The molecule has 1 aliphatic heterocycles. The molecule has 5 nitrogen and oxygen atoms in total. The molecule has 146 valence electrons. The Labute approximate surface area is 162 Å². The zero-order chi connectivity index (χ0) is 19.7. The number of H-pyrrole nitrogens is 1. The van der Waals surface area contributed by atoms with Crippen LogP contribution in [0.4, 0.5) is 0 Å². The lowest BCUT2D eigenvalue weighted by atomic mass is 9.66. The van der Waals surface area contributed by atoms with Gasteiger partial charge in [0.1, 0.15) is 5.82 Å². The van der Waals surface area contributed by atoms with Gasteiger partial charge in [-0.3, -0.25) is 4.79 Å². The van der Waals surface area contributed by atoms with Gasteiger partial charge in [0, 0.05) is 37.4 Å². The third kappa shape index (κ3) is 4.41. The fourth-order valence-corrected chi connectivity index (χ4v) is 4.41. The van der Waals surface area contributed by atoms with Crippen LogP contribution in [0.15, 0.2) is 30.5 Å². The van der Waals surface area contributed by atoms with Crippen molar-refractivity contribution in [1.82, 2.24) is 14.9 Å². The summed E-state index contributed by atoms with van der Waals surface area (Å²) < 4.78 is 5.98. The molecule has 3 rings (SSSR count). The summed E-state index contributed by atoms with van der Waals surface area (Å²) in [7, 11) is 1.86. The van der Waals surface area contributed by atoms with E-state index in [1.54, 1.807) is 11.1 Å². The van der Waals surface area contributed by atoms with E-state index in [4.69, 9.17) is 4.74 Å². The number of benzene rings is 1. The van der Waals surface area contributed by atoms with Gasteiger partial charge >= 0.3 is 0 Å². The quantitative estimate of drug-likeness (QED) is 0.869. The molecule has 27 heavy (non-hydrogen) atoms. The Hall–Kier alpha value is -2.14. The number of hydrogen-bond donors (Lipinski definition) is 1. The molecule has 1 aromatic carbocycles. The number of ether oxygens (including phenoxy) is 1. The molecular weight excluding hydrogens is 338 g/mol. The number of nitrogens with zero attached hydrogens (tertiary/aromatic N) is 2. The number of aromatic nitrogens is 2. The SMILES string of the molecule is Cc1cnc(CN(C)C(=O)C[C@@]2(c3ccccc3C)CCOC(C)(C)C2)[nH]1. The zero-order valence-electron chi connectivity index (χ0n) is 17.1. The number of aryl methyl sites for hydroxylation is 2. The average molecular weight is 370 g/mol. The Kier molecular flexibility index (Phi) is 5.43. The smallest absolute Gasteiger partial charge is 0.223 e. The molecule has 0 aliphatic carbocycles. The molecule has 0 saturated carbocycles. The Morgan fingerprint density at radius 3 is 2.67 bits per heavy atom. The van der Waals surface area contributed by atoms with Gasteiger partial charge in [0.15, 0.2) is 0 Å². The first kappa shape index (κ1) is 19.6. The van der Waals surface area contributed by atoms with E-state index in [1.165, 1.54) is 11.1 Å².